The molecule has 1 aliphatic carbocycles. The number of nitrogens with zero attached hydrogens (tertiary/aromatic N) is 1. The van der Waals surface area contributed by atoms with Crippen molar-refractivity contribution in [2.45, 2.75) is 37.1 Å². The summed E-state index contributed by atoms with van der Waals surface area (Å²) in [7, 11) is 0. The van der Waals surface area contributed by atoms with Crippen molar-refractivity contribution in [1.82, 2.24) is 4.90 Å². The van der Waals surface area contributed by atoms with Gasteiger partial charge in [-0.25, -0.2) is 0 Å². The molecule has 0 radical (unpaired) electrons. The van der Waals surface area contributed by atoms with Gasteiger partial charge in [-0.05, 0) is 55.0 Å². The highest BCUT2D eigenvalue weighted by molar-refractivity contribution is 6.31. The number of hydrogen-bond donors (Lipinski definition) is 1. The van der Waals surface area contributed by atoms with Crippen LogP contribution in [0.2, 0.25) is 10.0 Å². The second-order valence-electron chi connectivity index (χ2n) is 8.00. The fourth-order valence-electron chi connectivity index (χ4n) is 4.84. The minimum atomic E-state index is -1.05. The molecule has 0 aromatic heterocycles. The number of rotatable bonds is 3. The Morgan fingerprint density at radius 1 is 1.04 bits per heavy atom. The molecule has 2 atom stereocenters. The van der Waals surface area contributed by atoms with Crippen LogP contribution in [-0.4, -0.2) is 23.3 Å². The molecule has 2 fully saturated rings. The van der Waals surface area contributed by atoms with E-state index in [2.05, 4.69) is 5.32 Å². The molecule has 2 aliphatic heterocycles. The Balaban J connectivity index is 1.73. The first-order chi connectivity index (χ1) is 13.5. The van der Waals surface area contributed by atoms with Gasteiger partial charge in [0.1, 0.15) is 0 Å². The fraction of sp³-hybridized carbons (Fsp3) is 0.364. The molecule has 2 aromatic carbocycles. The topological polar surface area (TPSA) is 49.4 Å². The number of nitrogens with one attached hydrogen (secondary N) is 1. The molecular formula is C22H20Cl2N2O2. The number of anilines is 1. The molecule has 1 spiro atoms. The number of piperidine rings is 1. The lowest BCUT2D eigenvalue weighted by Crippen LogP contribution is -2.60. The summed E-state index contributed by atoms with van der Waals surface area (Å²) in [5, 5.41) is 4.20. The molecule has 28 heavy (non-hydrogen) atoms. The number of likely N-dealkylation sites (tertiary alicyclic amines) is 1. The van der Waals surface area contributed by atoms with E-state index in [4.69, 9.17) is 23.2 Å². The van der Waals surface area contributed by atoms with E-state index in [1.165, 1.54) is 0 Å². The summed E-state index contributed by atoms with van der Waals surface area (Å²) in [4.78, 5) is 28.5. The number of halogens is 2. The van der Waals surface area contributed by atoms with E-state index < -0.39 is 5.54 Å². The van der Waals surface area contributed by atoms with Crippen LogP contribution in [0.3, 0.4) is 0 Å². The molecule has 4 nitrogen and oxygen atoms in total. The van der Waals surface area contributed by atoms with Crippen LogP contribution >= 0.6 is 23.2 Å². The smallest absolute Gasteiger partial charge is 0.255 e. The van der Waals surface area contributed by atoms with Crippen LogP contribution in [0.5, 0.6) is 0 Å². The van der Waals surface area contributed by atoms with Crippen molar-refractivity contribution >= 4 is 40.7 Å². The third-order valence-electron chi connectivity index (χ3n) is 6.25. The van der Waals surface area contributed by atoms with E-state index in [1.807, 2.05) is 35.2 Å². The average Bonchev–Trinajstić information content (AvgIpc) is 3.43. The summed E-state index contributed by atoms with van der Waals surface area (Å²) < 4.78 is 0. The van der Waals surface area contributed by atoms with Gasteiger partial charge >= 0.3 is 0 Å². The summed E-state index contributed by atoms with van der Waals surface area (Å²) >= 11 is 12.5. The first-order valence-electron chi connectivity index (χ1n) is 9.67. The van der Waals surface area contributed by atoms with Crippen molar-refractivity contribution in [2.75, 3.05) is 11.9 Å². The van der Waals surface area contributed by atoms with Gasteiger partial charge in [-0.15, -0.1) is 0 Å². The second-order valence-corrected chi connectivity index (χ2v) is 8.88. The predicted octanol–water partition coefficient (Wildman–Crippen LogP) is 4.96. The standard InChI is InChI=1S/C22H20Cl2N2O2/c23-15-3-1-2-14(10-15)17-8-9-20(27)26(12-13-4-5-13)22(17)18-7-6-16(24)11-19(18)25-21(22)28/h1-3,6-7,10-11,13,17H,4-5,8-9,12H2,(H,25,28)/t17-,22?/m0/s1. The van der Waals surface area contributed by atoms with Crippen LogP contribution in [0, 0.1) is 5.92 Å². The zero-order valence-corrected chi connectivity index (χ0v) is 16.8. The minimum Gasteiger partial charge on any atom is -0.323 e. The molecule has 1 N–H and O–H groups in total. The van der Waals surface area contributed by atoms with E-state index in [0.717, 1.165) is 24.0 Å². The van der Waals surface area contributed by atoms with E-state index in [0.29, 0.717) is 41.0 Å². The lowest BCUT2D eigenvalue weighted by atomic mass is 9.69. The lowest BCUT2D eigenvalue weighted by molar-refractivity contribution is -0.152. The molecule has 2 aromatic rings. The van der Waals surface area contributed by atoms with Crippen LogP contribution in [0.25, 0.3) is 0 Å². The van der Waals surface area contributed by atoms with E-state index in [9.17, 15) is 9.59 Å². The summed E-state index contributed by atoms with van der Waals surface area (Å²) in [6.07, 6.45) is 3.26. The van der Waals surface area contributed by atoms with Crippen molar-refractivity contribution in [3.05, 3.63) is 63.6 Å². The monoisotopic (exact) mass is 414 g/mol. The highest BCUT2D eigenvalue weighted by Gasteiger charge is 2.60. The van der Waals surface area contributed by atoms with E-state index >= 15 is 0 Å². The lowest BCUT2D eigenvalue weighted by Gasteiger charge is -2.48. The van der Waals surface area contributed by atoms with E-state index in [1.54, 1.807) is 12.1 Å². The third kappa shape index (κ3) is 2.66. The zero-order chi connectivity index (χ0) is 19.5. The molecule has 1 saturated carbocycles. The van der Waals surface area contributed by atoms with Gasteiger partial charge in [-0.1, -0.05) is 41.4 Å². The molecule has 2 heterocycles. The van der Waals surface area contributed by atoms with Crippen LogP contribution in [0.15, 0.2) is 42.5 Å². The minimum absolute atomic E-state index is 0.0446. The molecule has 1 unspecified atom stereocenters. The molecule has 2 amide bonds. The number of carbonyl (C=O) groups is 2. The van der Waals surface area contributed by atoms with Crippen LogP contribution in [0.1, 0.15) is 42.7 Å². The third-order valence-corrected chi connectivity index (χ3v) is 6.72. The quantitative estimate of drug-likeness (QED) is 0.771. The summed E-state index contributed by atoms with van der Waals surface area (Å²) in [6.45, 7) is 0.616. The van der Waals surface area contributed by atoms with Gasteiger partial charge < -0.3 is 10.2 Å². The maximum Gasteiger partial charge on any atom is 0.255 e. The number of benzene rings is 2. The van der Waals surface area contributed by atoms with Gasteiger partial charge in [-0.2, -0.15) is 0 Å². The normalized spacial score (nSPS) is 26.5. The summed E-state index contributed by atoms with van der Waals surface area (Å²) in [5.41, 5.74) is 1.46. The van der Waals surface area contributed by atoms with Crippen molar-refractivity contribution in [1.29, 1.82) is 0 Å². The number of fused-ring (bicyclic) bond motifs is 2. The molecule has 5 rings (SSSR count). The van der Waals surface area contributed by atoms with E-state index in [-0.39, 0.29) is 17.7 Å². The second kappa shape index (κ2) is 6.50. The maximum absolute atomic E-state index is 13.6. The molecule has 1 saturated heterocycles. The van der Waals surface area contributed by atoms with Crippen molar-refractivity contribution in [2.24, 2.45) is 5.92 Å². The maximum atomic E-state index is 13.6. The van der Waals surface area contributed by atoms with Gasteiger partial charge in [0.2, 0.25) is 5.91 Å². The predicted molar refractivity (Wildman–Crippen MR) is 110 cm³/mol. The first-order valence-corrected chi connectivity index (χ1v) is 10.4. The van der Waals surface area contributed by atoms with Crippen LogP contribution in [0.4, 0.5) is 5.69 Å². The molecule has 0 bridgehead atoms. The zero-order valence-electron chi connectivity index (χ0n) is 15.3. The van der Waals surface area contributed by atoms with Crippen LogP contribution < -0.4 is 5.32 Å². The highest BCUT2D eigenvalue weighted by Crippen LogP contribution is 2.55. The summed E-state index contributed by atoms with van der Waals surface area (Å²) in [5.74, 6) is 0.208. The molecule has 3 aliphatic rings. The SMILES string of the molecule is O=C1CC[C@@H](c2cccc(Cl)c2)C2(C(=O)Nc3cc(Cl)ccc32)N1CC1CC1. The molecule has 144 valence electrons. The fourth-order valence-corrected chi connectivity index (χ4v) is 5.21. The van der Waals surface area contributed by atoms with Crippen molar-refractivity contribution in [3.8, 4) is 0 Å². The van der Waals surface area contributed by atoms with Crippen molar-refractivity contribution < 1.29 is 9.59 Å². The average molecular weight is 415 g/mol. The summed E-state index contributed by atoms with van der Waals surface area (Å²) in [6, 6.07) is 13.1. The molecule has 6 heteroatoms. The Kier molecular flexibility index (Phi) is 4.18. The van der Waals surface area contributed by atoms with Gasteiger partial charge in [0.05, 0.1) is 0 Å². The van der Waals surface area contributed by atoms with Gasteiger partial charge in [0, 0.05) is 40.2 Å². The van der Waals surface area contributed by atoms with Gasteiger partial charge in [-0.3, -0.25) is 9.59 Å². The largest absolute Gasteiger partial charge is 0.323 e. The highest BCUT2D eigenvalue weighted by atomic mass is 35.5. The van der Waals surface area contributed by atoms with Gasteiger partial charge in [0.15, 0.2) is 5.54 Å². The molecular weight excluding hydrogens is 395 g/mol. The number of hydrogen-bond acceptors (Lipinski definition) is 2. The number of carbonyl (C=O) groups excluding carboxylic acids is 2. The van der Waals surface area contributed by atoms with Crippen LogP contribution in [-0.2, 0) is 15.1 Å². The Morgan fingerprint density at radius 3 is 2.57 bits per heavy atom. The Bertz CT molecular complexity index is 988. The Hall–Kier alpha value is -2.04. The van der Waals surface area contributed by atoms with Gasteiger partial charge in [0.25, 0.3) is 5.91 Å². The Labute approximate surface area is 173 Å². The Morgan fingerprint density at radius 2 is 1.82 bits per heavy atom. The number of amides is 2. The first kappa shape index (κ1) is 18.0. The van der Waals surface area contributed by atoms with Crippen molar-refractivity contribution in [3.63, 3.8) is 0 Å².